The maximum Gasteiger partial charge on any atom is 0.408 e. The molecule has 2 atom stereocenters. The van der Waals surface area contributed by atoms with Crippen LogP contribution in [0.2, 0.25) is 0 Å². The first-order valence-electron chi connectivity index (χ1n) is 10.1. The summed E-state index contributed by atoms with van der Waals surface area (Å²) < 4.78 is 5.44. The number of nitrogens with one attached hydrogen (secondary N) is 3. The summed E-state index contributed by atoms with van der Waals surface area (Å²) in [5, 5.41) is 9.44. The van der Waals surface area contributed by atoms with E-state index in [-0.39, 0.29) is 23.3 Å². The van der Waals surface area contributed by atoms with Crippen molar-refractivity contribution in [3.8, 4) is 0 Å². The van der Waals surface area contributed by atoms with E-state index in [4.69, 9.17) is 4.74 Å². The minimum atomic E-state index is -0.557. The van der Waals surface area contributed by atoms with E-state index in [0.717, 1.165) is 37.2 Å². The van der Waals surface area contributed by atoms with Gasteiger partial charge in [-0.25, -0.2) is 4.79 Å². The molecule has 1 aromatic heterocycles. The second-order valence-electron chi connectivity index (χ2n) is 9.10. The molecular weight excluding hydrogens is 356 g/mol. The maximum atomic E-state index is 12.5. The van der Waals surface area contributed by atoms with E-state index in [9.17, 15) is 9.59 Å². The van der Waals surface area contributed by atoms with Gasteiger partial charge in [-0.15, -0.1) is 0 Å². The van der Waals surface area contributed by atoms with Crippen LogP contribution in [0.25, 0.3) is 0 Å². The maximum absolute atomic E-state index is 12.5. The molecule has 0 radical (unpaired) electrons. The lowest BCUT2D eigenvalue weighted by molar-refractivity contribution is -0.125. The van der Waals surface area contributed by atoms with Crippen molar-refractivity contribution in [1.29, 1.82) is 0 Å². The van der Waals surface area contributed by atoms with E-state index in [1.165, 1.54) is 0 Å². The number of aromatic nitrogens is 1. The predicted octanol–water partition coefficient (Wildman–Crippen LogP) is 2.42. The highest BCUT2D eigenvalue weighted by atomic mass is 16.6. The lowest BCUT2D eigenvalue weighted by Crippen LogP contribution is -2.62. The molecule has 154 valence electrons. The minimum Gasteiger partial charge on any atom is -0.444 e. The highest BCUT2D eigenvalue weighted by Crippen LogP contribution is 2.31. The van der Waals surface area contributed by atoms with Gasteiger partial charge >= 0.3 is 6.09 Å². The zero-order valence-corrected chi connectivity index (χ0v) is 17.3. The molecule has 1 fully saturated rings. The molecule has 2 amide bonds. The summed E-state index contributed by atoms with van der Waals surface area (Å²) in [5.74, 6) is 0.0377. The number of ether oxygens (including phenoxy) is 1. The fourth-order valence-corrected chi connectivity index (χ4v) is 3.76. The molecule has 3 rings (SSSR count). The minimum absolute atomic E-state index is 0.0574. The number of carbonyl (C=O) groups is 2. The number of alkyl carbamates (subject to hydrolysis) is 1. The van der Waals surface area contributed by atoms with E-state index in [1.807, 2.05) is 33.8 Å². The Bertz CT molecular complexity index is 725. The molecule has 2 aliphatic rings. The van der Waals surface area contributed by atoms with E-state index < -0.39 is 11.7 Å². The Balaban J connectivity index is 1.87. The van der Waals surface area contributed by atoms with Gasteiger partial charge in [0, 0.05) is 37.2 Å². The van der Waals surface area contributed by atoms with Crippen molar-refractivity contribution in [2.24, 2.45) is 5.92 Å². The molecule has 1 aromatic rings. The van der Waals surface area contributed by atoms with Gasteiger partial charge in [0.25, 0.3) is 0 Å². The van der Waals surface area contributed by atoms with Crippen molar-refractivity contribution in [2.45, 2.75) is 64.0 Å². The average Bonchev–Trinajstić information content (AvgIpc) is 2.57. The number of pyridine rings is 1. The third-order valence-corrected chi connectivity index (χ3v) is 5.55. The Hall–Kier alpha value is -2.15. The summed E-state index contributed by atoms with van der Waals surface area (Å²) in [6.45, 7) is 9.74. The van der Waals surface area contributed by atoms with Crippen molar-refractivity contribution in [3.63, 3.8) is 0 Å². The largest absolute Gasteiger partial charge is 0.444 e. The van der Waals surface area contributed by atoms with Gasteiger partial charge in [0.15, 0.2) is 0 Å². The highest BCUT2D eigenvalue weighted by Gasteiger charge is 2.40. The molecular formula is C21H32N4O3. The van der Waals surface area contributed by atoms with E-state index in [0.29, 0.717) is 13.0 Å². The number of carbonyl (C=O) groups excluding carboxylic acids is 2. The molecule has 1 spiro atoms. The number of hydrogen-bond donors (Lipinski definition) is 3. The molecule has 0 aliphatic carbocycles. The molecule has 0 aromatic carbocycles. The summed E-state index contributed by atoms with van der Waals surface area (Å²) in [4.78, 5) is 29.4. The Morgan fingerprint density at radius 2 is 2.04 bits per heavy atom. The quantitative estimate of drug-likeness (QED) is 0.687. The zero-order valence-electron chi connectivity index (χ0n) is 17.3. The third kappa shape index (κ3) is 4.82. The van der Waals surface area contributed by atoms with Crippen LogP contribution in [-0.2, 0) is 14.9 Å². The Kier molecular flexibility index (Phi) is 5.93. The summed E-state index contributed by atoms with van der Waals surface area (Å²) >= 11 is 0. The van der Waals surface area contributed by atoms with Crippen LogP contribution in [0, 0.1) is 5.92 Å². The summed E-state index contributed by atoms with van der Waals surface area (Å²) in [7, 11) is 0. The van der Waals surface area contributed by atoms with Crippen LogP contribution < -0.4 is 16.0 Å². The lowest BCUT2D eigenvalue weighted by Gasteiger charge is -2.43. The number of rotatable bonds is 1. The molecule has 0 unspecified atom stereocenters. The molecule has 7 nitrogen and oxygen atoms in total. The standard InChI is InChI=1S/C21H32N4O3/c1-14-6-5-7-16(25-19(27)28-20(2,3)4)17-10-15(8-9-23-17)21(11-22-12-21)13-24-18(14)26/h8-10,14,16,22H,5-7,11-13H2,1-4H3,(H,24,26)(H,25,27)/t14-,16+/m1/s1. The van der Waals surface area contributed by atoms with Crippen LogP contribution in [0.15, 0.2) is 18.3 Å². The van der Waals surface area contributed by atoms with Crippen molar-refractivity contribution < 1.29 is 14.3 Å². The average molecular weight is 389 g/mol. The lowest BCUT2D eigenvalue weighted by atomic mass is 9.74. The molecule has 1 saturated heterocycles. The van der Waals surface area contributed by atoms with Crippen molar-refractivity contribution in [1.82, 2.24) is 20.9 Å². The van der Waals surface area contributed by atoms with Crippen LogP contribution in [-0.4, -0.2) is 42.2 Å². The van der Waals surface area contributed by atoms with Gasteiger partial charge < -0.3 is 20.7 Å². The third-order valence-electron chi connectivity index (χ3n) is 5.55. The molecule has 3 N–H and O–H groups in total. The second-order valence-corrected chi connectivity index (χ2v) is 9.10. The molecule has 28 heavy (non-hydrogen) atoms. The normalized spacial score (nSPS) is 24.9. The SMILES string of the molecule is C[C@@H]1CCC[C@H](NC(=O)OC(C)(C)C)c2cc(ccn2)C2(CNC2)CNC1=O. The summed E-state index contributed by atoms with van der Waals surface area (Å²) in [5.41, 5.74) is 1.30. The molecule has 2 aliphatic heterocycles. The summed E-state index contributed by atoms with van der Waals surface area (Å²) in [6, 6.07) is 3.84. The topological polar surface area (TPSA) is 92.3 Å². The molecule has 2 bridgehead atoms. The van der Waals surface area contributed by atoms with Gasteiger partial charge in [-0.2, -0.15) is 0 Å². The number of hydrogen-bond acceptors (Lipinski definition) is 5. The Morgan fingerprint density at radius 1 is 1.29 bits per heavy atom. The number of nitrogens with zero attached hydrogens (tertiary/aromatic N) is 1. The van der Waals surface area contributed by atoms with Gasteiger partial charge in [-0.1, -0.05) is 13.3 Å². The van der Waals surface area contributed by atoms with Crippen LogP contribution in [0.4, 0.5) is 4.79 Å². The molecule has 3 heterocycles. The Labute approximate surface area is 167 Å². The van der Waals surface area contributed by atoms with E-state index in [1.54, 1.807) is 6.20 Å². The van der Waals surface area contributed by atoms with Crippen molar-refractivity contribution in [3.05, 3.63) is 29.6 Å². The van der Waals surface area contributed by atoms with Crippen molar-refractivity contribution in [2.75, 3.05) is 19.6 Å². The van der Waals surface area contributed by atoms with Gasteiger partial charge in [0.2, 0.25) is 5.91 Å². The van der Waals surface area contributed by atoms with E-state index in [2.05, 4.69) is 27.0 Å². The summed E-state index contributed by atoms with van der Waals surface area (Å²) in [6.07, 6.45) is 3.64. The van der Waals surface area contributed by atoms with Gasteiger partial charge in [-0.05, 0) is 51.3 Å². The smallest absolute Gasteiger partial charge is 0.408 e. The first-order chi connectivity index (χ1) is 13.2. The Morgan fingerprint density at radius 3 is 2.68 bits per heavy atom. The van der Waals surface area contributed by atoms with Crippen LogP contribution in [0.3, 0.4) is 0 Å². The predicted molar refractivity (Wildman–Crippen MR) is 107 cm³/mol. The van der Waals surface area contributed by atoms with Crippen LogP contribution in [0.1, 0.15) is 64.3 Å². The first-order valence-corrected chi connectivity index (χ1v) is 10.1. The van der Waals surface area contributed by atoms with E-state index >= 15 is 0 Å². The van der Waals surface area contributed by atoms with Crippen LogP contribution in [0.5, 0.6) is 0 Å². The number of amides is 2. The monoisotopic (exact) mass is 388 g/mol. The van der Waals surface area contributed by atoms with Gasteiger partial charge in [0.1, 0.15) is 5.60 Å². The van der Waals surface area contributed by atoms with Gasteiger partial charge in [0.05, 0.1) is 11.7 Å². The first kappa shape index (κ1) is 20.6. The molecule has 0 saturated carbocycles. The highest BCUT2D eigenvalue weighted by molar-refractivity contribution is 5.78. The fourth-order valence-electron chi connectivity index (χ4n) is 3.76. The number of fused-ring (bicyclic) bond motifs is 3. The molecule has 7 heteroatoms. The van der Waals surface area contributed by atoms with Crippen LogP contribution >= 0.6 is 0 Å². The van der Waals surface area contributed by atoms with Crippen molar-refractivity contribution >= 4 is 12.0 Å². The zero-order chi connectivity index (χ0) is 20.4. The fraction of sp³-hybridized carbons (Fsp3) is 0.667. The second kappa shape index (κ2) is 8.07. The van der Waals surface area contributed by atoms with Gasteiger partial charge in [-0.3, -0.25) is 9.78 Å².